The molecule has 0 unspecified atom stereocenters. The lowest BCUT2D eigenvalue weighted by Crippen LogP contribution is -2.37. The third-order valence-electron chi connectivity index (χ3n) is 5.94. The molecule has 0 aliphatic rings. The zero-order valence-corrected chi connectivity index (χ0v) is 25.1. The van der Waals surface area contributed by atoms with Gasteiger partial charge in [0, 0.05) is 13.1 Å². The van der Waals surface area contributed by atoms with Crippen molar-refractivity contribution in [3.8, 4) is 0 Å². The number of nitrogens with zero attached hydrogens (tertiary/aromatic N) is 3. The third-order valence-corrected chi connectivity index (χ3v) is 5.94. The fourth-order valence-electron chi connectivity index (χ4n) is 4.31. The number of carbonyl (C=O) groups excluding carboxylic acids is 4. The quantitative estimate of drug-likeness (QED) is 0.179. The van der Waals surface area contributed by atoms with E-state index in [1.807, 2.05) is 30.3 Å². The number of pyridine rings is 1. The standard InChI is InChI=1S/C31H43N3O8/c1-5-39-28(35)20-33(21-29(36)40-6-2)18-26-16-25(15-14-24-12-10-9-11-13-24)17-27(32-26)19-34(22-30(37)41-7-3)23-31(38)42-8-4/h9-13,16-17H,5-8,14-15,18-23H2,1-4H3. The monoisotopic (exact) mass is 585 g/mol. The Labute approximate surface area is 248 Å². The first-order valence-corrected chi connectivity index (χ1v) is 14.4. The smallest absolute Gasteiger partial charge is 0.320 e. The highest BCUT2D eigenvalue weighted by Gasteiger charge is 2.20. The molecule has 0 saturated heterocycles. The topological polar surface area (TPSA) is 125 Å². The van der Waals surface area contributed by atoms with E-state index in [2.05, 4.69) is 12.1 Å². The molecule has 0 aliphatic carbocycles. The van der Waals surface area contributed by atoms with Crippen LogP contribution in [0.2, 0.25) is 0 Å². The number of aromatic nitrogens is 1. The first kappa shape index (κ1) is 34.4. The van der Waals surface area contributed by atoms with Crippen LogP contribution in [0.15, 0.2) is 42.5 Å². The highest BCUT2D eigenvalue weighted by molar-refractivity contribution is 5.75. The zero-order chi connectivity index (χ0) is 30.7. The van der Waals surface area contributed by atoms with Crippen molar-refractivity contribution in [2.45, 2.75) is 53.6 Å². The maximum Gasteiger partial charge on any atom is 0.320 e. The molecule has 230 valence electrons. The summed E-state index contributed by atoms with van der Waals surface area (Å²) in [5, 5.41) is 0. The molecule has 0 bridgehead atoms. The van der Waals surface area contributed by atoms with Crippen molar-refractivity contribution in [1.82, 2.24) is 14.8 Å². The summed E-state index contributed by atoms with van der Waals surface area (Å²) in [7, 11) is 0. The molecule has 0 radical (unpaired) electrons. The van der Waals surface area contributed by atoms with Crippen molar-refractivity contribution in [2.75, 3.05) is 52.6 Å². The Morgan fingerprint density at radius 3 is 1.29 bits per heavy atom. The van der Waals surface area contributed by atoms with E-state index >= 15 is 0 Å². The number of rotatable bonds is 19. The summed E-state index contributed by atoms with van der Waals surface area (Å²) in [6, 6.07) is 13.9. The number of benzene rings is 1. The predicted octanol–water partition coefficient (Wildman–Crippen LogP) is 2.72. The van der Waals surface area contributed by atoms with E-state index in [0.717, 1.165) is 12.0 Å². The van der Waals surface area contributed by atoms with E-state index in [0.29, 0.717) is 17.8 Å². The molecule has 0 spiro atoms. The lowest BCUT2D eigenvalue weighted by atomic mass is 10.0. The van der Waals surface area contributed by atoms with E-state index in [9.17, 15) is 19.2 Å². The van der Waals surface area contributed by atoms with Gasteiger partial charge >= 0.3 is 23.9 Å². The van der Waals surface area contributed by atoms with Crippen LogP contribution in [0.1, 0.15) is 50.2 Å². The van der Waals surface area contributed by atoms with E-state index in [4.69, 9.17) is 23.9 Å². The molecule has 2 rings (SSSR count). The summed E-state index contributed by atoms with van der Waals surface area (Å²) in [6.07, 6.45) is 1.49. The van der Waals surface area contributed by atoms with Crippen LogP contribution >= 0.6 is 0 Å². The van der Waals surface area contributed by atoms with Gasteiger partial charge in [0.25, 0.3) is 0 Å². The molecule has 1 aromatic carbocycles. The normalized spacial score (nSPS) is 10.9. The summed E-state index contributed by atoms with van der Waals surface area (Å²) in [5.74, 6) is -1.84. The molecule has 1 aromatic heterocycles. The van der Waals surface area contributed by atoms with Crippen LogP contribution in [0.25, 0.3) is 0 Å². The van der Waals surface area contributed by atoms with Crippen molar-refractivity contribution < 1.29 is 38.1 Å². The van der Waals surface area contributed by atoms with Crippen LogP contribution in [-0.4, -0.2) is 91.3 Å². The average molecular weight is 586 g/mol. The highest BCUT2D eigenvalue weighted by atomic mass is 16.5. The molecule has 1 heterocycles. The van der Waals surface area contributed by atoms with Crippen LogP contribution in [-0.2, 0) is 64.1 Å². The second-order valence-corrected chi connectivity index (χ2v) is 9.45. The number of ether oxygens (including phenoxy) is 4. The van der Waals surface area contributed by atoms with Crippen LogP contribution in [0.3, 0.4) is 0 Å². The van der Waals surface area contributed by atoms with Crippen LogP contribution in [0.4, 0.5) is 0 Å². The molecule has 2 aromatic rings. The molecule has 0 fully saturated rings. The van der Waals surface area contributed by atoms with Gasteiger partial charge < -0.3 is 18.9 Å². The Morgan fingerprint density at radius 1 is 0.571 bits per heavy atom. The van der Waals surface area contributed by atoms with Crippen LogP contribution in [0.5, 0.6) is 0 Å². The number of hydrogen-bond acceptors (Lipinski definition) is 11. The maximum atomic E-state index is 12.3. The van der Waals surface area contributed by atoms with Gasteiger partial charge in [-0.3, -0.25) is 34.0 Å². The summed E-state index contributed by atoms with van der Waals surface area (Å²) >= 11 is 0. The molecule has 11 nitrogen and oxygen atoms in total. The van der Waals surface area contributed by atoms with Gasteiger partial charge in [-0.1, -0.05) is 30.3 Å². The maximum absolute atomic E-state index is 12.3. The summed E-state index contributed by atoms with van der Waals surface area (Å²) < 4.78 is 20.4. The van der Waals surface area contributed by atoms with Crippen molar-refractivity contribution in [2.24, 2.45) is 0 Å². The lowest BCUT2D eigenvalue weighted by molar-refractivity contribution is -0.150. The number of aryl methyl sites for hydroxylation is 2. The molecule has 0 N–H and O–H groups in total. The molecule has 42 heavy (non-hydrogen) atoms. The molecule has 0 aliphatic heterocycles. The minimum atomic E-state index is -0.461. The number of esters is 4. The minimum absolute atomic E-state index is 0.115. The second kappa shape index (κ2) is 19.3. The van der Waals surface area contributed by atoms with Gasteiger partial charge in [-0.15, -0.1) is 0 Å². The first-order chi connectivity index (χ1) is 20.3. The van der Waals surface area contributed by atoms with Crippen LogP contribution in [0, 0.1) is 0 Å². The van der Waals surface area contributed by atoms with E-state index < -0.39 is 23.9 Å². The lowest BCUT2D eigenvalue weighted by Gasteiger charge is -2.22. The van der Waals surface area contributed by atoms with Gasteiger partial charge in [-0.2, -0.15) is 0 Å². The van der Waals surface area contributed by atoms with Gasteiger partial charge in [-0.25, -0.2) is 0 Å². The van der Waals surface area contributed by atoms with E-state index in [-0.39, 0.29) is 65.7 Å². The average Bonchev–Trinajstić information content (AvgIpc) is 2.92. The predicted molar refractivity (Wildman–Crippen MR) is 155 cm³/mol. The molecule has 11 heteroatoms. The molecule has 0 atom stereocenters. The van der Waals surface area contributed by atoms with Crippen molar-refractivity contribution in [3.63, 3.8) is 0 Å². The Bertz CT molecular complexity index is 1040. The SMILES string of the molecule is CCOC(=O)CN(CC(=O)OCC)Cc1cc(CCc2ccccc2)cc(CN(CC(=O)OCC)CC(=O)OCC)n1. The highest BCUT2D eigenvalue weighted by Crippen LogP contribution is 2.15. The van der Waals surface area contributed by atoms with Crippen molar-refractivity contribution in [3.05, 3.63) is 65.0 Å². The van der Waals surface area contributed by atoms with Gasteiger partial charge in [0.1, 0.15) is 0 Å². The zero-order valence-electron chi connectivity index (χ0n) is 25.1. The molecule has 0 saturated carbocycles. The number of carbonyl (C=O) groups is 4. The first-order valence-electron chi connectivity index (χ1n) is 14.4. The van der Waals surface area contributed by atoms with Crippen LogP contribution < -0.4 is 0 Å². The van der Waals surface area contributed by atoms with Crippen molar-refractivity contribution in [1.29, 1.82) is 0 Å². The fourth-order valence-corrected chi connectivity index (χ4v) is 4.31. The Kier molecular flexibility index (Phi) is 15.8. The Morgan fingerprint density at radius 2 is 0.929 bits per heavy atom. The summed E-state index contributed by atoms with van der Waals surface area (Å²) in [4.78, 5) is 57.2. The van der Waals surface area contributed by atoms with Gasteiger partial charge in [0.2, 0.25) is 0 Å². The Balaban J connectivity index is 2.38. The third kappa shape index (κ3) is 13.7. The fraction of sp³-hybridized carbons (Fsp3) is 0.516. The molecule has 0 amide bonds. The van der Waals surface area contributed by atoms with Gasteiger partial charge in [0.05, 0.1) is 64.0 Å². The number of hydrogen-bond donors (Lipinski definition) is 0. The minimum Gasteiger partial charge on any atom is -0.465 e. The van der Waals surface area contributed by atoms with Gasteiger partial charge in [0.15, 0.2) is 0 Å². The summed E-state index contributed by atoms with van der Waals surface area (Å²) in [6.45, 7) is 7.66. The molecular weight excluding hydrogens is 542 g/mol. The molecular formula is C31H43N3O8. The second-order valence-electron chi connectivity index (χ2n) is 9.45. The van der Waals surface area contributed by atoms with E-state index in [1.54, 1.807) is 37.5 Å². The van der Waals surface area contributed by atoms with Gasteiger partial charge in [-0.05, 0) is 63.8 Å². The van der Waals surface area contributed by atoms with Crippen molar-refractivity contribution >= 4 is 23.9 Å². The van der Waals surface area contributed by atoms with E-state index in [1.165, 1.54) is 5.56 Å². The Hall–Kier alpha value is -3.83. The summed E-state index contributed by atoms with van der Waals surface area (Å²) in [5.41, 5.74) is 3.40. The largest absolute Gasteiger partial charge is 0.465 e.